The Morgan fingerprint density at radius 3 is 1.37 bits per heavy atom. The quantitative estimate of drug-likeness (QED) is 0.165. The first-order chi connectivity index (χ1) is 19.6. The lowest BCUT2D eigenvalue weighted by atomic mass is 10.1. The maximum Gasteiger partial charge on any atom is 0.254 e. The minimum Gasteiger partial charge on any atom is -0.478 e. The van der Waals surface area contributed by atoms with Crippen molar-refractivity contribution in [2.45, 2.75) is 41.5 Å². The summed E-state index contributed by atoms with van der Waals surface area (Å²) in [5, 5.41) is 16.0. The van der Waals surface area contributed by atoms with Crippen LogP contribution in [0.1, 0.15) is 63.0 Å². The number of nitrogens with zero attached hydrogens (tertiary/aromatic N) is 1. The highest BCUT2D eigenvalue weighted by molar-refractivity contribution is 5.95. The molecule has 0 unspecified atom stereocenters. The number of benzene rings is 3. The Kier molecular flexibility index (Phi) is 11.3. The summed E-state index contributed by atoms with van der Waals surface area (Å²) in [6, 6.07) is 19.3. The largest absolute Gasteiger partial charge is 0.478 e. The minimum atomic E-state index is -0.0938. The molecule has 0 aromatic heterocycles. The maximum absolute atomic E-state index is 13.7. The van der Waals surface area contributed by atoms with E-state index in [1.54, 1.807) is 66.7 Å². The predicted molar refractivity (Wildman–Crippen MR) is 162 cm³/mol. The highest BCUT2D eigenvalue weighted by Gasteiger charge is 2.20. The molecule has 3 aromatic rings. The Morgan fingerprint density at radius 1 is 0.634 bits per heavy atom. The first kappa shape index (κ1) is 31.2. The van der Waals surface area contributed by atoms with Gasteiger partial charge in [-0.05, 0) is 86.3 Å². The van der Waals surface area contributed by atoms with Gasteiger partial charge in [0.05, 0.1) is 13.2 Å². The van der Waals surface area contributed by atoms with Crippen molar-refractivity contribution in [3.8, 4) is 23.0 Å². The van der Waals surface area contributed by atoms with E-state index in [0.29, 0.717) is 77.8 Å². The van der Waals surface area contributed by atoms with Crippen molar-refractivity contribution >= 4 is 17.7 Å². The highest BCUT2D eigenvalue weighted by Crippen LogP contribution is 2.31. The number of amides is 1. The summed E-state index contributed by atoms with van der Waals surface area (Å²) in [5.41, 5.74) is 1.75. The van der Waals surface area contributed by atoms with E-state index in [9.17, 15) is 4.79 Å². The molecule has 0 saturated heterocycles. The molecule has 0 aliphatic rings. The lowest BCUT2D eigenvalue weighted by Crippen LogP contribution is -2.37. The molecule has 8 heteroatoms. The molecule has 1 amide bonds. The predicted octanol–water partition coefficient (Wildman–Crippen LogP) is 7.75. The van der Waals surface area contributed by atoms with Gasteiger partial charge >= 0.3 is 0 Å². The molecule has 0 radical (unpaired) electrons. The van der Waals surface area contributed by atoms with Gasteiger partial charge in [-0.3, -0.25) is 15.6 Å². The Hall–Kier alpha value is -4.33. The van der Waals surface area contributed by atoms with Gasteiger partial charge < -0.3 is 23.8 Å². The summed E-state index contributed by atoms with van der Waals surface area (Å²) in [4.78, 5) is 15.6. The lowest BCUT2D eigenvalue weighted by molar-refractivity contribution is 0.0714. The fourth-order valence-corrected chi connectivity index (χ4v) is 4.19. The highest BCUT2D eigenvalue weighted by atomic mass is 16.5. The van der Waals surface area contributed by atoms with E-state index in [4.69, 9.17) is 29.8 Å². The summed E-state index contributed by atoms with van der Waals surface area (Å²) in [6.07, 6.45) is 0. The lowest BCUT2D eigenvalue weighted by Gasteiger charge is -2.27. The van der Waals surface area contributed by atoms with E-state index in [1.807, 2.05) is 18.7 Å². The summed E-state index contributed by atoms with van der Waals surface area (Å²) in [5.74, 6) is 2.72. The van der Waals surface area contributed by atoms with Crippen LogP contribution in [0.3, 0.4) is 0 Å². The van der Waals surface area contributed by atoms with Crippen molar-refractivity contribution in [2.75, 3.05) is 26.3 Å². The first-order valence-corrected chi connectivity index (χ1v) is 14.0. The Balaban J connectivity index is 1.94. The van der Waals surface area contributed by atoms with Gasteiger partial charge in [-0.1, -0.05) is 27.7 Å². The van der Waals surface area contributed by atoms with Gasteiger partial charge in [0.15, 0.2) is 0 Å². The standard InChI is InChI=1S/C33H41N3O5/c1-7-38-31(34)24-9-13-27(14-10-24)40-29-17-26(33(37)36(20-22(3)4)21-23(5)6)18-30(19-29)41-28-15-11-25(12-16-28)32(35)39-8-2/h9-19,22-23,34-35H,7-8,20-21H2,1-6H3. The molecule has 0 aliphatic carbocycles. The van der Waals surface area contributed by atoms with Gasteiger partial charge in [0, 0.05) is 35.8 Å². The zero-order valence-electron chi connectivity index (χ0n) is 24.8. The van der Waals surface area contributed by atoms with E-state index in [0.717, 1.165) is 0 Å². The summed E-state index contributed by atoms with van der Waals surface area (Å²) in [6.45, 7) is 14.2. The van der Waals surface area contributed by atoms with Gasteiger partial charge in [-0.25, -0.2) is 0 Å². The number of carbonyl (C=O) groups excluding carboxylic acids is 1. The molecule has 0 saturated carbocycles. The summed E-state index contributed by atoms with van der Waals surface area (Å²) in [7, 11) is 0. The van der Waals surface area contributed by atoms with Crippen LogP contribution in [0.4, 0.5) is 0 Å². The van der Waals surface area contributed by atoms with Crippen LogP contribution in [-0.4, -0.2) is 48.9 Å². The minimum absolute atomic E-state index is 0.0938. The maximum atomic E-state index is 13.7. The topological polar surface area (TPSA) is 105 Å². The normalized spacial score (nSPS) is 10.8. The molecule has 0 aliphatic heterocycles. The van der Waals surface area contributed by atoms with Crippen LogP contribution < -0.4 is 9.47 Å². The van der Waals surface area contributed by atoms with Crippen molar-refractivity contribution in [3.63, 3.8) is 0 Å². The molecule has 0 fully saturated rings. The van der Waals surface area contributed by atoms with Crippen LogP contribution in [-0.2, 0) is 9.47 Å². The molecular weight excluding hydrogens is 518 g/mol. The van der Waals surface area contributed by atoms with Crippen molar-refractivity contribution < 1.29 is 23.7 Å². The van der Waals surface area contributed by atoms with E-state index >= 15 is 0 Å². The molecule has 0 spiro atoms. The molecule has 0 atom stereocenters. The summed E-state index contributed by atoms with van der Waals surface area (Å²) < 4.78 is 22.9. The zero-order valence-corrected chi connectivity index (χ0v) is 24.8. The fourth-order valence-electron chi connectivity index (χ4n) is 4.19. The molecular formula is C33H41N3O5. The van der Waals surface area contributed by atoms with Crippen LogP contribution in [0, 0.1) is 22.7 Å². The smallest absolute Gasteiger partial charge is 0.254 e. The monoisotopic (exact) mass is 559 g/mol. The van der Waals surface area contributed by atoms with Gasteiger partial charge in [-0.2, -0.15) is 0 Å². The molecule has 0 heterocycles. The van der Waals surface area contributed by atoms with Crippen LogP contribution in [0.5, 0.6) is 23.0 Å². The first-order valence-electron chi connectivity index (χ1n) is 14.0. The van der Waals surface area contributed by atoms with E-state index in [-0.39, 0.29) is 17.7 Å². The SMILES string of the molecule is CCOC(=N)c1ccc(Oc2cc(Oc3ccc(C(=N)OCC)cc3)cc(C(=O)N(CC(C)C)CC(C)C)c2)cc1. The van der Waals surface area contributed by atoms with Crippen LogP contribution in [0.25, 0.3) is 0 Å². The fraction of sp³-hybridized carbons (Fsp3) is 0.364. The van der Waals surface area contributed by atoms with Crippen LogP contribution >= 0.6 is 0 Å². The third-order valence-electron chi connectivity index (χ3n) is 5.87. The number of hydrogen-bond donors (Lipinski definition) is 2. The third kappa shape index (κ3) is 9.38. The van der Waals surface area contributed by atoms with Crippen LogP contribution in [0.15, 0.2) is 66.7 Å². The number of rotatable bonds is 13. The van der Waals surface area contributed by atoms with Crippen LogP contribution in [0.2, 0.25) is 0 Å². The average Bonchev–Trinajstić information content (AvgIpc) is 2.92. The molecule has 2 N–H and O–H groups in total. The summed E-state index contributed by atoms with van der Waals surface area (Å²) >= 11 is 0. The Bertz CT molecular complexity index is 1230. The second-order valence-corrected chi connectivity index (χ2v) is 10.5. The van der Waals surface area contributed by atoms with Gasteiger partial charge in [0.25, 0.3) is 5.91 Å². The molecule has 41 heavy (non-hydrogen) atoms. The van der Waals surface area contributed by atoms with Gasteiger partial charge in [0.1, 0.15) is 23.0 Å². The molecule has 218 valence electrons. The van der Waals surface area contributed by atoms with Crippen molar-refractivity contribution in [1.82, 2.24) is 4.90 Å². The van der Waals surface area contributed by atoms with E-state index in [1.165, 1.54) is 0 Å². The molecule has 3 aromatic carbocycles. The van der Waals surface area contributed by atoms with Gasteiger partial charge in [0.2, 0.25) is 11.8 Å². The second-order valence-electron chi connectivity index (χ2n) is 10.5. The number of carbonyl (C=O) groups is 1. The van der Waals surface area contributed by atoms with E-state index < -0.39 is 0 Å². The molecule has 3 rings (SSSR count). The van der Waals surface area contributed by atoms with E-state index in [2.05, 4.69) is 27.7 Å². The average molecular weight is 560 g/mol. The third-order valence-corrected chi connectivity index (χ3v) is 5.87. The number of hydrogen-bond acceptors (Lipinski definition) is 7. The Labute approximate surface area is 243 Å². The van der Waals surface area contributed by atoms with Crippen molar-refractivity contribution in [3.05, 3.63) is 83.4 Å². The number of nitrogens with one attached hydrogen (secondary N) is 2. The molecule has 8 nitrogen and oxygen atoms in total. The number of ether oxygens (including phenoxy) is 4. The zero-order chi connectivity index (χ0) is 29.9. The van der Waals surface area contributed by atoms with Crippen molar-refractivity contribution in [2.24, 2.45) is 11.8 Å². The Morgan fingerprint density at radius 2 is 1.02 bits per heavy atom. The van der Waals surface area contributed by atoms with Crippen molar-refractivity contribution in [1.29, 1.82) is 10.8 Å². The van der Waals surface area contributed by atoms with Gasteiger partial charge in [-0.15, -0.1) is 0 Å². The molecule has 0 bridgehead atoms. The second kappa shape index (κ2) is 14.9.